The van der Waals surface area contributed by atoms with Crippen LogP contribution in [0.5, 0.6) is 0 Å². The minimum absolute atomic E-state index is 0.173. The maximum Gasteiger partial charge on any atom is 0.327 e. The normalized spacial score (nSPS) is 17.7. The molecule has 21 heavy (non-hydrogen) atoms. The monoisotopic (exact) mass is 290 g/mol. The Morgan fingerprint density at radius 3 is 2.38 bits per heavy atom. The van der Waals surface area contributed by atoms with Gasteiger partial charge in [0.15, 0.2) is 0 Å². The van der Waals surface area contributed by atoms with Crippen LogP contribution >= 0.6 is 0 Å². The van der Waals surface area contributed by atoms with Crippen LogP contribution in [0.15, 0.2) is 24.3 Å². The molecule has 116 valence electrons. The molecule has 0 saturated carbocycles. The van der Waals surface area contributed by atoms with E-state index in [4.69, 9.17) is 4.74 Å². The molecular weight excluding hydrogens is 264 g/mol. The average molecular weight is 290 g/mol. The fourth-order valence-electron chi connectivity index (χ4n) is 2.86. The smallest absolute Gasteiger partial charge is 0.327 e. The van der Waals surface area contributed by atoms with Crippen LogP contribution in [0, 0.1) is 5.92 Å². The van der Waals surface area contributed by atoms with Crippen LogP contribution in [-0.2, 0) is 16.0 Å². The second-order valence-electron chi connectivity index (χ2n) is 6.05. The second-order valence-corrected chi connectivity index (χ2v) is 6.05. The molecule has 1 N–H and O–H groups in total. The summed E-state index contributed by atoms with van der Waals surface area (Å²) in [5.74, 6) is 0.467. The summed E-state index contributed by atoms with van der Waals surface area (Å²) < 4.78 is 5.01. The summed E-state index contributed by atoms with van der Waals surface area (Å²) in [5, 5.41) is 3.31. The summed E-state index contributed by atoms with van der Waals surface area (Å²) in [6.07, 6.45) is 1.07. The first-order valence-electron chi connectivity index (χ1n) is 7.73. The summed E-state index contributed by atoms with van der Waals surface area (Å²) >= 11 is 0. The minimum atomic E-state index is -0.287. The number of ether oxygens (including phenoxy) is 1. The van der Waals surface area contributed by atoms with Crippen molar-refractivity contribution < 1.29 is 9.53 Å². The van der Waals surface area contributed by atoms with Gasteiger partial charge in [-0.2, -0.15) is 0 Å². The lowest BCUT2D eigenvalue weighted by molar-refractivity contribution is -0.147. The molecule has 1 aromatic rings. The van der Waals surface area contributed by atoms with Crippen LogP contribution < -0.4 is 5.32 Å². The van der Waals surface area contributed by atoms with Gasteiger partial charge in [0.25, 0.3) is 0 Å². The third-order valence-electron chi connectivity index (χ3n) is 3.88. The van der Waals surface area contributed by atoms with Crippen molar-refractivity contribution in [1.82, 2.24) is 10.2 Å². The third-order valence-corrected chi connectivity index (χ3v) is 3.88. The number of nitrogens with zero attached hydrogens (tertiary/aromatic N) is 1. The van der Waals surface area contributed by atoms with E-state index in [1.54, 1.807) is 0 Å². The number of esters is 1. The molecule has 2 rings (SSSR count). The van der Waals surface area contributed by atoms with Crippen molar-refractivity contribution in [3.05, 3.63) is 35.4 Å². The Morgan fingerprint density at radius 2 is 1.86 bits per heavy atom. The Bertz CT molecular complexity index is 450. The van der Waals surface area contributed by atoms with Gasteiger partial charge < -0.3 is 10.1 Å². The second kappa shape index (κ2) is 7.57. The number of carbonyl (C=O) groups excluding carboxylic acids is 1. The molecule has 0 aliphatic carbocycles. The van der Waals surface area contributed by atoms with Crippen molar-refractivity contribution in [3.63, 3.8) is 0 Å². The number of hydrogen-bond donors (Lipinski definition) is 1. The van der Waals surface area contributed by atoms with Gasteiger partial charge in [-0.15, -0.1) is 0 Å². The van der Waals surface area contributed by atoms with Gasteiger partial charge in [-0.3, -0.25) is 4.90 Å². The molecular formula is C17H26N2O2. The van der Waals surface area contributed by atoms with Gasteiger partial charge in [0, 0.05) is 26.2 Å². The molecule has 0 radical (unpaired) electrons. The number of methoxy groups -OCH3 is 1. The first kappa shape index (κ1) is 16.0. The molecule has 1 aliphatic heterocycles. The minimum Gasteiger partial charge on any atom is -0.468 e. The number of hydrogen-bond acceptors (Lipinski definition) is 4. The molecule has 0 aromatic heterocycles. The third kappa shape index (κ3) is 4.29. The number of carbonyl (C=O) groups is 1. The van der Waals surface area contributed by atoms with Gasteiger partial charge in [0.2, 0.25) is 0 Å². The molecule has 4 nitrogen and oxygen atoms in total. The predicted molar refractivity (Wildman–Crippen MR) is 84.2 cm³/mol. The van der Waals surface area contributed by atoms with E-state index in [2.05, 4.69) is 48.3 Å². The number of benzene rings is 1. The molecule has 1 saturated heterocycles. The maximum atomic E-state index is 12.2. The van der Waals surface area contributed by atoms with Gasteiger partial charge in [0.05, 0.1) is 7.11 Å². The Morgan fingerprint density at radius 1 is 1.24 bits per heavy atom. The van der Waals surface area contributed by atoms with E-state index < -0.39 is 0 Å². The largest absolute Gasteiger partial charge is 0.468 e. The first-order chi connectivity index (χ1) is 10.1. The van der Waals surface area contributed by atoms with Crippen molar-refractivity contribution >= 4 is 5.97 Å². The Labute approximate surface area is 127 Å². The topological polar surface area (TPSA) is 41.6 Å². The standard InChI is InChI=1S/C17H26N2O2/c1-13(2)12-14-4-6-15(7-5-14)16(17(20)21-3)19-10-8-18-9-11-19/h4-7,13,16,18H,8-12H2,1-3H3. The van der Waals surface area contributed by atoms with E-state index in [0.717, 1.165) is 38.2 Å². The zero-order valence-corrected chi connectivity index (χ0v) is 13.3. The van der Waals surface area contributed by atoms with E-state index in [9.17, 15) is 4.79 Å². The van der Waals surface area contributed by atoms with E-state index in [-0.39, 0.29) is 12.0 Å². The Kier molecular flexibility index (Phi) is 5.76. The van der Waals surface area contributed by atoms with E-state index in [0.29, 0.717) is 5.92 Å². The average Bonchev–Trinajstić information content (AvgIpc) is 2.49. The molecule has 1 unspecified atom stereocenters. The van der Waals surface area contributed by atoms with Gasteiger partial charge >= 0.3 is 5.97 Å². The van der Waals surface area contributed by atoms with Crippen molar-refractivity contribution in [2.24, 2.45) is 5.92 Å². The molecule has 0 bridgehead atoms. The number of piperazine rings is 1. The van der Waals surface area contributed by atoms with Crippen LogP contribution in [0.2, 0.25) is 0 Å². The fourth-order valence-corrected chi connectivity index (χ4v) is 2.86. The Balaban J connectivity index is 2.17. The van der Waals surface area contributed by atoms with Gasteiger partial charge in [-0.25, -0.2) is 4.79 Å². The highest BCUT2D eigenvalue weighted by atomic mass is 16.5. The van der Waals surface area contributed by atoms with Gasteiger partial charge in [-0.05, 0) is 23.5 Å². The first-order valence-corrected chi connectivity index (χ1v) is 7.73. The SMILES string of the molecule is COC(=O)C(c1ccc(CC(C)C)cc1)N1CCNCC1. The van der Waals surface area contributed by atoms with Crippen LogP contribution in [0.3, 0.4) is 0 Å². The molecule has 0 spiro atoms. The van der Waals surface area contributed by atoms with Crippen molar-refractivity contribution in [2.75, 3.05) is 33.3 Å². The zero-order chi connectivity index (χ0) is 15.2. The van der Waals surface area contributed by atoms with Crippen LogP contribution in [0.4, 0.5) is 0 Å². The lowest BCUT2D eigenvalue weighted by atomic mass is 9.98. The van der Waals surface area contributed by atoms with Crippen molar-refractivity contribution in [2.45, 2.75) is 26.3 Å². The predicted octanol–water partition coefficient (Wildman–Crippen LogP) is 2.00. The van der Waals surface area contributed by atoms with E-state index in [1.165, 1.54) is 12.7 Å². The van der Waals surface area contributed by atoms with Gasteiger partial charge in [-0.1, -0.05) is 38.1 Å². The lowest BCUT2D eigenvalue weighted by Gasteiger charge is -2.33. The van der Waals surface area contributed by atoms with Crippen molar-refractivity contribution in [3.8, 4) is 0 Å². The molecule has 1 aromatic carbocycles. The maximum absolute atomic E-state index is 12.2. The highest BCUT2D eigenvalue weighted by Crippen LogP contribution is 2.23. The molecule has 4 heteroatoms. The highest BCUT2D eigenvalue weighted by molar-refractivity contribution is 5.77. The summed E-state index contributed by atoms with van der Waals surface area (Å²) in [6.45, 7) is 8.00. The fraction of sp³-hybridized carbons (Fsp3) is 0.588. The molecule has 1 heterocycles. The molecule has 1 atom stereocenters. The summed E-state index contributed by atoms with van der Waals surface area (Å²) in [5.41, 5.74) is 2.34. The van der Waals surface area contributed by atoms with E-state index in [1.807, 2.05) is 0 Å². The quantitative estimate of drug-likeness (QED) is 0.842. The Hall–Kier alpha value is -1.39. The lowest BCUT2D eigenvalue weighted by Crippen LogP contribution is -2.47. The summed E-state index contributed by atoms with van der Waals surface area (Å²) in [4.78, 5) is 14.4. The summed E-state index contributed by atoms with van der Waals surface area (Å²) in [7, 11) is 1.46. The van der Waals surface area contributed by atoms with E-state index >= 15 is 0 Å². The van der Waals surface area contributed by atoms with Gasteiger partial charge in [0.1, 0.15) is 6.04 Å². The highest BCUT2D eigenvalue weighted by Gasteiger charge is 2.29. The summed E-state index contributed by atoms with van der Waals surface area (Å²) in [6, 6.07) is 8.12. The molecule has 1 aliphatic rings. The van der Waals surface area contributed by atoms with Crippen molar-refractivity contribution in [1.29, 1.82) is 0 Å². The molecule has 1 fully saturated rings. The molecule has 0 amide bonds. The van der Waals surface area contributed by atoms with Crippen LogP contribution in [0.1, 0.15) is 31.0 Å². The van der Waals surface area contributed by atoms with Crippen LogP contribution in [-0.4, -0.2) is 44.2 Å². The zero-order valence-electron chi connectivity index (χ0n) is 13.3. The van der Waals surface area contributed by atoms with Crippen LogP contribution in [0.25, 0.3) is 0 Å². The number of rotatable bonds is 5. The number of nitrogens with one attached hydrogen (secondary N) is 1.